The zero-order chi connectivity index (χ0) is 21.5. The molecule has 0 aliphatic heterocycles. The largest absolute Gasteiger partial charge is 0.378 e. The van der Waals surface area contributed by atoms with E-state index in [2.05, 4.69) is 77.8 Å². The number of anilines is 1. The molecule has 0 radical (unpaired) electrons. The second kappa shape index (κ2) is 10.1. The van der Waals surface area contributed by atoms with Gasteiger partial charge in [-0.15, -0.1) is 0 Å². The molecule has 4 nitrogen and oxygen atoms in total. The van der Waals surface area contributed by atoms with Gasteiger partial charge in [-0.25, -0.2) is 0 Å². The second-order valence-corrected chi connectivity index (χ2v) is 7.95. The third kappa shape index (κ3) is 5.71. The van der Waals surface area contributed by atoms with Crippen LogP contribution in [0.15, 0.2) is 78.9 Å². The number of nitrogens with zero attached hydrogens (tertiary/aromatic N) is 2. The third-order valence-corrected chi connectivity index (χ3v) is 5.30. The van der Waals surface area contributed by atoms with E-state index in [1.807, 2.05) is 39.3 Å². The molecule has 1 amide bonds. The van der Waals surface area contributed by atoms with Gasteiger partial charge in [0.05, 0.1) is 12.6 Å². The number of carbonyl (C=O) groups is 1. The standard InChI is InChI=1S/C26H31N3O/c1-20-10-14-23(15-11-20)26(22-8-6-5-7-9-22)27-18-25(30)29(4)19-21-12-16-24(17-13-21)28(2)3/h5-17,26-27H,18-19H2,1-4H3/t26-/m1/s1. The van der Waals surface area contributed by atoms with Gasteiger partial charge in [0.25, 0.3) is 0 Å². The Hall–Kier alpha value is -3.11. The van der Waals surface area contributed by atoms with Crippen LogP contribution in [0.4, 0.5) is 5.69 Å². The Morgan fingerprint density at radius 3 is 2.03 bits per heavy atom. The Morgan fingerprint density at radius 1 is 0.833 bits per heavy atom. The predicted octanol–water partition coefficient (Wildman–Crippen LogP) is 4.40. The monoisotopic (exact) mass is 401 g/mol. The first-order valence-electron chi connectivity index (χ1n) is 10.3. The van der Waals surface area contributed by atoms with Gasteiger partial charge in [-0.1, -0.05) is 72.3 Å². The lowest BCUT2D eigenvalue weighted by Gasteiger charge is -2.23. The van der Waals surface area contributed by atoms with E-state index in [-0.39, 0.29) is 18.5 Å². The fraction of sp³-hybridized carbons (Fsp3) is 0.269. The predicted molar refractivity (Wildman–Crippen MR) is 125 cm³/mol. The highest BCUT2D eigenvalue weighted by Gasteiger charge is 2.17. The summed E-state index contributed by atoms with van der Waals surface area (Å²) in [5.74, 6) is 0.0692. The fourth-order valence-corrected chi connectivity index (χ4v) is 3.42. The van der Waals surface area contributed by atoms with Crippen LogP contribution in [0.2, 0.25) is 0 Å². The molecular weight excluding hydrogens is 370 g/mol. The minimum absolute atomic E-state index is 0.0245. The molecule has 0 bridgehead atoms. The summed E-state index contributed by atoms with van der Waals surface area (Å²) in [7, 11) is 5.90. The van der Waals surface area contributed by atoms with E-state index in [0.29, 0.717) is 6.54 Å². The van der Waals surface area contributed by atoms with Crippen LogP contribution in [0.3, 0.4) is 0 Å². The average Bonchev–Trinajstić information content (AvgIpc) is 2.76. The van der Waals surface area contributed by atoms with Crippen LogP contribution in [-0.2, 0) is 11.3 Å². The molecule has 0 fully saturated rings. The minimum atomic E-state index is -0.0245. The first-order chi connectivity index (χ1) is 14.4. The third-order valence-electron chi connectivity index (χ3n) is 5.30. The SMILES string of the molecule is Cc1ccc([C@H](NCC(=O)N(C)Cc2ccc(N(C)C)cc2)c2ccccc2)cc1. The molecule has 0 heterocycles. The Labute approximate surface area is 180 Å². The van der Waals surface area contributed by atoms with E-state index < -0.39 is 0 Å². The Kier molecular flexibility index (Phi) is 7.26. The number of carbonyl (C=O) groups excluding carboxylic acids is 1. The van der Waals surface area contributed by atoms with Crippen molar-refractivity contribution in [1.82, 2.24) is 10.2 Å². The van der Waals surface area contributed by atoms with Gasteiger partial charge in [0.15, 0.2) is 0 Å². The van der Waals surface area contributed by atoms with Crippen LogP contribution in [0, 0.1) is 6.92 Å². The molecule has 0 unspecified atom stereocenters. The number of nitrogens with one attached hydrogen (secondary N) is 1. The summed E-state index contributed by atoms with van der Waals surface area (Å²) in [4.78, 5) is 16.6. The van der Waals surface area contributed by atoms with Crippen molar-refractivity contribution in [3.8, 4) is 0 Å². The van der Waals surface area contributed by atoms with Crippen LogP contribution >= 0.6 is 0 Å². The molecule has 0 spiro atoms. The molecule has 1 N–H and O–H groups in total. The highest BCUT2D eigenvalue weighted by molar-refractivity contribution is 5.78. The lowest BCUT2D eigenvalue weighted by Crippen LogP contribution is -2.37. The molecular formula is C26H31N3O. The summed E-state index contributed by atoms with van der Waals surface area (Å²) in [6.07, 6.45) is 0. The summed E-state index contributed by atoms with van der Waals surface area (Å²) < 4.78 is 0. The second-order valence-electron chi connectivity index (χ2n) is 7.95. The molecule has 156 valence electrons. The summed E-state index contributed by atoms with van der Waals surface area (Å²) >= 11 is 0. The molecule has 0 aliphatic carbocycles. The maximum atomic E-state index is 12.8. The first kappa shape index (κ1) is 21.6. The minimum Gasteiger partial charge on any atom is -0.378 e. The van der Waals surface area contributed by atoms with Gasteiger partial charge >= 0.3 is 0 Å². The summed E-state index contributed by atoms with van der Waals surface area (Å²) in [6, 6.07) is 27.0. The molecule has 0 saturated heterocycles. The molecule has 0 saturated carbocycles. The smallest absolute Gasteiger partial charge is 0.236 e. The maximum Gasteiger partial charge on any atom is 0.236 e. The number of benzene rings is 3. The van der Waals surface area contributed by atoms with E-state index in [1.165, 1.54) is 5.56 Å². The fourth-order valence-electron chi connectivity index (χ4n) is 3.42. The molecule has 3 aromatic carbocycles. The van der Waals surface area contributed by atoms with E-state index in [9.17, 15) is 4.79 Å². The van der Waals surface area contributed by atoms with Crippen molar-refractivity contribution in [2.45, 2.75) is 19.5 Å². The van der Waals surface area contributed by atoms with Crippen molar-refractivity contribution >= 4 is 11.6 Å². The van der Waals surface area contributed by atoms with Crippen LogP contribution in [-0.4, -0.2) is 38.5 Å². The van der Waals surface area contributed by atoms with Gasteiger partial charge in [-0.05, 0) is 35.7 Å². The number of likely N-dealkylation sites (N-methyl/N-ethyl adjacent to an activating group) is 1. The van der Waals surface area contributed by atoms with Gasteiger partial charge in [0.2, 0.25) is 5.91 Å². The van der Waals surface area contributed by atoms with Crippen molar-refractivity contribution in [2.24, 2.45) is 0 Å². The van der Waals surface area contributed by atoms with Gasteiger partial charge in [0.1, 0.15) is 0 Å². The maximum absolute atomic E-state index is 12.8. The van der Waals surface area contributed by atoms with E-state index >= 15 is 0 Å². The van der Waals surface area contributed by atoms with E-state index in [4.69, 9.17) is 0 Å². The summed E-state index contributed by atoms with van der Waals surface area (Å²) in [5, 5.41) is 3.46. The molecule has 0 aliphatic rings. The highest BCUT2D eigenvalue weighted by atomic mass is 16.2. The number of aryl methyl sites for hydroxylation is 1. The van der Waals surface area contributed by atoms with Crippen LogP contribution in [0.1, 0.15) is 28.3 Å². The van der Waals surface area contributed by atoms with E-state index in [1.54, 1.807) is 4.90 Å². The number of amides is 1. The zero-order valence-electron chi connectivity index (χ0n) is 18.3. The Bertz CT molecular complexity index is 934. The van der Waals surface area contributed by atoms with Crippen molar-refractivity contribution in [3.05, 3.63) is 101 Å². The lowest BCUT2D eigenvalue weighted by molar-refractivity contribution is -0.129. The molecule has 0 aromatic heterocycles. The highest BCUT2D eigenvalue weighted by Crippen LogP contribution is 2.22. The topological polar surface area (TPSA) is 35.6 Å². The van der Waals surface area contributed by atoms with Crippen molar-refractivity contribution < 1.29 is 4.79 Å². The zero-order valence-corrected chi connectivity index (χ0v) is 18.3. The number of rotatable bonds is 8. The molecule has 4 heteroatoms. The Morgan fingerprint density at radius 2 is 1.43 bits per heavy atom. The molecule has 3 aromatic rings. The number of hydrogen-bond donors (Lipinski definition) is 1. The van der Waals surface area contributed by atoms with Crippen molar-refractivity contribution in [3.63, 3.8) is 0 Å². The normalized spacial score (nSPS) is 11.7. The molecule has 3 rings (SSSR count). The van der Waals surface area contributed by atoms with Gasteiger partial charge in [-0.3, -0.25) is 10.1 Å². The van der Waals surface area contributed by atoms with Gasteiger partial charge in [0, 0.05) is 33.4 Å². The van der Waals surface area contributed by atoms with Crippen molar-refractivity contribution in [1.29, 1.82) is 0 Å². The van der Waals surface area contributed by atoms with Gasteiger partial charge in [-0.2, -0.15) is 0 Å². The lowest BCUT2D eigenvalue weighted by atomic mass is 9.98. The summed E-state index contributed by atoms with van der Waals surface area (Å²) in [5.41, 5.74) is 5.80. The molecule has 1 atom stereocenters. The van der Waals surface area contributed by atoms with Crippen LogP contribution < -0.4 is 10.2 Å². The first-order valence-corrected chi connectivity index (χ1v) is 10.3. The van der Waals surface area contributed by atoms with Gasteiger partial charge < -0.3 is 9.80 Å². The van der Waals surface area contributed by atoms with Crippen LogP contribution in [0.5, 0.6) is 0 Å². The quantitative estimate of drug-likeness (QED) is 0.608. The average molecular weight is 402 g/mol. The number of hydrogen-bond acceptors (Lipinski definition) is 3. The van der Waals surface area contributed by atoms with Crippen molar-refractivity contribution in [2.75, 3.05) is 32.6 Å². The van der Waals surface area contributed by atoms with Crippen LogP contribution in [0.25, 0.3) is 0 Å². The Balaban J connectivity index is 1.65. The summed E-state index contributed by atoms with van der Waals surface area (Å²) in [6.45, 7) is 2.95. The van der Waals surface area contributed by atoms with E-state index in [0.717, 1.165) is 22.4 Å². The molecule has 30 heavy (non-hydrogen) atoms.